The standard InChI is InChI=1S/C24H22ClF3N6O3.C23H20ClF3N6O3.C20H19ClF3N5O2/c1-12(24(26,27)28)7-18(35)21-16(25)9-17-22(32-21)34(15-4-6-33(17)11-15)23(36)31-20-8-14(3-5-29-20)19-10-30-13(2)37-19;1-12(23(25,26)27)6-17(34)20-15(24)8-16-21(31-20)33(14-3-5-32(16)10-14)22(35)30-19-7-13(2-4-29-19)18-9-28-11-36-18;1-11(20(22,23)24)8-15(30)17-13(21)9-14-18(27-17)29(12-5-7-28(14)10-12)19(31)26-16-4-2-3-6-25-16/h3,5,8-10,12,15H,4,6-7,11H2,1-2H3,(H,29,31,36);2,4,7-9,11-12,14H,3,5-6,10H2,1H3,(H,29,30,35);2-4,6,9,11-12H,5,7-8,10H2,1H3,(H,25,26,31)/t12-,15-;12-,14-;11-,12-/m000/s1. The molecule has 8 aromatic rings. The predicted molar refractivity (Wildman–Crippen MR) is 365 cm³/mol. The molecule has 14 rings (SSSR count). The topological polar surface area (TPSA) is 287 Å². The Morgan fingerprint density at radius 1 is 0.500 bits per heavy atom. The number of alkyl halides is 9. The van der Waals surface area contributed by atoms with Crippen molar-refractivity contribution in [1.29, 1.82) is 0 Å². The van der Waals surface area contributed by atoms with Crippen molar-refractivity contribution in [2.45, 2.75) is 103 Å². The van der Waals surface area contributed by atoms with Gasteiger partial charge in [-0.05, 0) is 73.9 Å². The summed E-state index contributed by atoms with van der Waals surface area (Å²) >= 11 is 18.8. The average Bonchev–Trinajstić information content (AvgIpc) is 1.52. The molecule has 546 valence electrons. The van der Waals surface area contributed by atoms with Crippen molar-refractivity contribution in [3.05, 3.63) is 136 Å². The Hall–Kier alpha value is -10.2. The number of nitrogens with one attached hydrogen (secondary N) is 3. The molecular formula is C67H61Cl3F9N17O8. The molecule has 3 N–H and O–H groups in total. The third kappa shape index (κ3) is 15.8. The molecule has 104 heavy (non-hydrogen) atoms. The maximum Gasteiger partial charge on any atom is 0.391 e. The molecular weight excluding hydrogens is 1450 g/mol. The zero-order valence-corrected chi connectivity index (χ0v) is 57.5. The minimum atomic E-state index is -4.53. The fourth-order valence-corrected chi connectivity index (χ4v) is 13.4. The van der Waals surface area contributed by atoms with Crippen LogP contribution in [0.3, 0.4) is 0 Å². The summed E-state index contributed by atoms with van der Waals surface area (Å²) in [5.74, 6) is -5.18. The van der Waals surface area contributed by atoms with Gasteiger partial charge in [-0.25, -0.2) is 54.3 Å². The number of anilines is 9. The summed E-state index contributed by atoms with van der Waals surface area (Å²) in [7, 11) is 0. The van der Waals surface area contributed by atoms with E-state index in [1.165, 1.54) is 64.1 Å². The second-order valence-electron chi connectivity index (χ2n) is 25.4. The van der Waals surface area contributed by atoms with E-state index in [4.69, 9.17) is 43.6 Å². The van der Waals surface area contributed by atoms with Gasteiger partial charge in [0.2, 0.25) is 0 Å². The van der Waals surface area contributed by atoms with Gasteiger partial charge in [-0.2, -0.15) is 39.5 Å². The van der Waals surface area contributed by atoms with E-state index in [1.807, 2.05) is 14.7 Å². The summed E-state index contributed by atoms with van der Waals surface area (Å²) in [5.41, 5.74) is 2.09. The highest BCUT2D eigenvalue weighted by atomic mass is 35.5. The Morgan fingerprint density at radius 2 is 0.875 bits per heavy atom. The van der Waals surface area contributed by atoms with Crippen molar-refractivity contribution in [1.82, 2.24) is 39.9 Å². The number of carbonyl (C=O) groups excluding carboxylic acids is 6. The van der Waals surface area contributed by atoms with Gasteiger partial charge in [0.05, 0.1) is 80.4 Å². The van der Waals surface area contributed by atoms with E-state index < -0.39 is 91.0 Å². The number of aryl methyl sites for hydroxylation is 1. The Kier molecular flexibility index (Phi) is 20.9. The smallest absolute Gasteiger partial charge is 0.391 e. The molecule has 3 fully saturated rings. The fraction of sp³-hybridized carbons (Fsp3) is 0.373. The van der Waals surface area contributed by atoms with Crippen LogP contribution < -0.4 is 45.3 Å². The number of nitrogens with zero attached hydrogens (tertiary/aromatic N) is 14. The number of hydrogen-bond donors (Lipinski definition) is 3. The number of Topliss-reactive ketones (excluding diaryl/α,β-unsaturated/α-hetero) is 3. The highest BCUT2D eigenvalue weighted by Crippen LogP contribution is 2.46. The van der Waals surface area contributed by atoms with Gasteiger partial charge in [0.1, 0.15) is 34.5 Å². The molecule has 0 aliphatic carbocycles. The molecule has 0 spiro atoms. The average molecular weight is 1510 g/mol. The molecule has 0 radical (unpaired) electrons. The lowest BCUT2D eigenvalue weighted by Crippen LogP contribution is -2.48. The maximum absolute atomic E-state index is 13.5. The quantitative estimate of drug-likeness (QED) is 0.0673. The number of pyridine rings is 6. The van der Waals surface area contributed by atoms with Crippen LogP contribution in [0, 0.1) is 24.7 Å². The molecule has 6 bridgehead atoms. The third-order valence-corrected chi connectivity index (χ3v) is 19.1. The van der Waals surface area contributed by atoms with Crippen molar-refractivity contribution < 1.29 is 77.1 Å². The lowest BCUT2D eigenvalue weighted by Gasteiger charge is -2.36. The van der Waals surface area contributed by atoms with Crippen LogP contribution in [0.15, 0.2) is 107 Å². The summed E-state index contributed by atoms with van der Waals surface area (Å²) in [4.78, 5) is 121. The molecule has 25 nitrogen and oxygen atoms in total. The Bertz CT molecular complexity index is 4610. The van der Waals surface area contributed by atoms with Crippen molar-refractivity contribution in [2.75, 3.05) is 84.6 Å². The number of aromatic nitrogens is 8. The first-order valence-electron chi connectivity index (χ1n) is 32.4. The summed E-state index contributed by atoms with van der Waals surface area (Å²) in [5, 5.41) is 8.06. The van der Waals surface area contributed by atoms with Crippen LogP contribution in [0.1, 0.15) is 96.7 Å². The van der Waals surface area contributed by atoms with Crippen LogP contribution >= 0.6 is 34.8 Å². The van der Waals surface area contributed by atoms with Gasteiger partial charge in [-0.1, -0.05) is 61.6 Å². The lowest BCUT2D eigenvalue weighted by atomic mass is 10.0. The Balaban J connectivity index is 0.000000147. The molecule has 0 unspecified atom stereocenters. The third-order valence-electron chi connectivity index (χ3n) is 18.2. The maximum atomic E-state index is 13.5. The monoisotopic (exact) mass is 1510 g/mol. The van der Waals surface area contributed by atoms with Gasteiger partial charge in [-0.15, -0.1) is 0 Å². The minimum absolute atomic E-state index is 0.0337. The fourth-order valence-electron chi connectivity index (χ4n) is 12.6. The van der Waals surface area contributed by atoms with Crippen molar-refractivity contribution in [2.24, 2.45) is 17.8 Å². The van der Waals surface area contributed by atoms with Gasteiger partial charge >= 0.3 is 36.6 Å². The normalized spacial score (nSPS) is 17.9. The van der Waals surface area contributed by atoms with Crippen molar-refractivity contribution in [3.8, 4) is 22.6 Å². The van der Waals surface area contributed by atoms with E-state index in [0.717, 1.165) is 20.8 Å². The van der Waals surface area contributed by atoms with E-state index in [9.17, 15) is 68.3 Å². The van der Waals surface area contributed by atoms with Crippen LogP contribution in [-0.2, 0) is 0 Å². The van der Waals surface area contributed by atoms with Gasteiger partial charge in [-0.3, -0.25) is 45.0 Å². The minimum Gasteiger partial charge on any atom is -0.444 e. The molecule has 6 atom stereocenters. The van der Waals surface area contributed by atoms with Crippen LogP contribution in [0.25, 0.3) is 22.6 Å². The number of rotatable bonds is 14. The molecule has 0 aromatic carbocycles. The SMILES string of the molecule is C[C@@H](CC(=O)c1nc2c(cc1Cl)N1CC[C@@H](C1)N2C(=O)Nc1cc(-c2cnco2)ccn1)C(F)(F)F.C[C@@H](CC(=O)c1nc2c(cc1Cl)N1CC[C@@H](C1)N2C(=O)Nc1ccccn1)C(F)(F)F.Cc1ncc(-c2ccnc(NC(=O)N3c4nc(C(=O)C[C@H](C)C(F)(F)F)c(Cl)cc4N4CC[C@H]3C4)c2)o1. The van der Waals surface area contributed by atoms with Crippen molar-refractivity contribution >= 4 is 122 Å². The van der Waals surface area contributed by atoms with E-state index >= 15 is 0 Å². The predicted octanol–water partition coefficient (Wildman–Crippen LogP) is 15.2. The molecule has 8 aromatic heterocycles. The highest BCUT2D eigenvalue weighted by molar-refractivity contribution is 6.35. The number of hydrogen-bond acceptors (Lipinski definition) is 19. The highest BCUT2D eigenvalue weighted by Gasteiger charge is 2.47. The van der Waals surface area contributed by atoms with E-state index in [2.05, 4.69) is 55.8 Å². The van der Waals surface area contributed by atoms with E-state index in [-0.39, 0.29) is 79.4 Å². The second kappa shape index (κ2) is 29.5. The lowest BCUT2D eigenvalue weighted by molar-refractivity contribution is -0.169. The van der Waals surface area contributed by atoms with Gasteiger partial charge < -0.3 is 23.5 Å². The van der Waals surface area contributed by atoms with Gasteiger partial charge in [0.25, 0.3) is 0 Å². The molecule has 3 saturated heterocycles. The number of fused-ring (bicyclic) bond motifs is 12. The van der Waals surface area contributed by atoms with Crippen LogP contribution in [0.2, 0.25) is 15.1 Å². The molecule has 6 aliphatic heterocycles. The zero-order chi connectivity index (χ0) is 74.4. The van der Waals surface area contributed by atoms with Crippen molar-refractivity contribution in [3.63, 3.8) is 0 Å². The number of ketones is 3. The second-order valence-corrected chi connectivity index (χ2v) is 26.7. The molecule has 6 aliphatic rings. The van der Waals surface area contributed by atoms with Gasteiger partial charge in [0.15, 0.2) is 58.6 Å². The summed E-state index contributed by atoms with van der Waals surface area (Å²) in [6, 6.07) is 13.9. The molecule has 0 saturated carbocycles. The van der Waals surface area contributed by atoms with Crippen LogP contribution in [-0.4, -0.2) is 151 Å². The van der Waals surface area contributed by atoms with Crippen LogP contribution in [0.4, 0.5) is 106 Å². The number of halogens is 12. The summed E-state index contributed by atoms with van der Waals surface area (Å²) in [6.45, 7) is 8.07. The number of amides is 6. The Labute approximate surface area is 600 Å². The Morgan fingerprint density at radius 3 is 1.21 bits per heavy atom. The molecule has 37 heteroatoms. The zero-order valence-electron chi connectivity index (χ0n) is 55.2. The number of oxazole rings is 2. The number of urea groups is 3. The number of carbonyl (C=O) groups is 6. The van der Waals surface area contributed by atoms with E-state index in [1.54, 1.807) is 55.6 Å². The summed E-state index contributed by atoms with van der Waals surface area (Å²) in [6.07, 6.45) is -5.04. The van der Waals surface area contributed by atoms with Gasteiger partial charge in [0, 0.05) is 95.2 Å². The molecule has 6 amide bonds. The largest absolute Gasteiger partial charge is 0.444 e. The van der Waals surface area contributed by atoms with E-state index in [0.29, 0.717) is 110 Å². The van der Waals surface area contributed by atoms with Crippen LogP contribution in [0.5, 0.6) is 0 Å². The first kappa shape index (κ1) is 73.5. The summed E-state index contributed by atoms with van der Waals surface area (Å²) < 4.78 is 128. The first-order valence-corrected chi connectivity index (χ1v) is 33.5. The first-order chi connectivity index (χ1) is 49.3. The molecule has 14 heterocycles.